The van der Waals surface area contributed by atoms with E-state index in [2.05, 4.69) is 47.1 Å². The average Bonchev–Trinajstić information content (AvgIpc) is 2.87. The Morgan fingerprint density at radius 2 is 1.56 bits per heavy atom. The van der Waals surface area contributed by atoms with Crippen molar-refractivity contribution in [2.75, 3.05) is 43.9 Å². The summed E-state index contributed by atoms with van der Waals surface area (Å²) in [6, 6.07) is 17.4. The van der Waals surface area contributed by atoms with Crippen LogP contribution in [-0.4, -0.2) is 79.4 Å². The summed E-state index contributed by atoms with van der Waals surface area (Å²) in [7, 11) is -3.18. The molecule has 2 heterocycles. The number of aliphatic carboxylic acids is 2. The van der Waals surface area contributed by atoms with Gasteiger partial charge in [0.25, 0.3) is 0 Å². The first-order valence-electron chi connectivity index (χ1n) is 11.4. The maximum atomic E-state index is 11.6. The molecule has 1 fully saturated rings. The lowest BCUT2D eigenvalue weighted by Gasteiger charge is -2.35. The van der Waals surface area contributed by atoms with E-state index < -0.39 is 21.8 Å². The minimum atomic E-state index is -3.18. The molecule has 0 spiro atoms. The van der Waals surface area contributed by atoms with Crippen molar-refractivity contribution in [3.8, 4) is 0 Å². The van der Waals surface area contributed by atoms with E-state index in [0.29, 0.717) is 4.90 Å². The van der Waals surface area contributed by atoms with Gasteiger partial charge < -0.3 is 20.0 Å². The molecule has 1 aliphatic heterocycles. The van der Waals surface area contributed by atoms with Gasteiger partial charge in [0.15, 0.2) is 9.84 Å². The lowest BCUT2D eigenvalue weighted by Crippen LogP contribution is -2.46. The Hall–Kier alpha value is -3.76. The Morgan fingerprint density at radius 3 is 2.11 bits per heavy atom. The molecule has 0 unspecified atom stereocenters. The molecule has 1 aliphatic rings. The van der Waals surface area contributed by atoms with E-state index in [1.165, 1.54) is 17.0 Å². The van der Waals surface area contributed by atoms with Crippen LogP contribution in [0.2, 0.25) is 0 Å². The molecule has 2 aromatic carbocycles. The van der Waals surface area contributed by atoms with Crippen molar-refractivity contribution in [3.63, 3.8) is 0 Å². The molecule has 0 amide bonds. The Bertz CT molecular complexity index is 1350. The molecule has 0 bridgehead atoms. The number of hydrogen-bond donors (Lipinski definition) is 2. The Labute approximate surface area is 210 Å². The summed E-state index contributed by atoms with van der Waals surface area (Å²) in [6.45, 7) is 7.36. The van der Waals surface area contributed by atoms with E-state index in [1.807, 2.05) is 24.3 Å². The predicted molar refractivity (Wildman–Crippen MR) is 140 cm³/mol. The molecular weight excluding hydrogens is 482 g/mol. The number of anilines is 1. The van der Waals surface area contributed by atoms with Gasteiger partial charge in [0.2, 0.25) is 0 Å². The molecule has 2 N–H and O–H groups in total. The first kappa shape index (κ1) is 26.8. The monoisotopic (exact) mass is 511 g/mol. The second-order valence-electron chi connectivity index (χ2n) is 8.30. The van der Waals surface area contributed by atoms with Gasteiger partial charge >= 0.3 is 11.9 Å². The topological polar surface area (TPSA) is 128 Å². The molecule has 1 saturated heterocycles. The van der Waals surface area contributed by atoms with Crippen molar-refractivity contribution in [3.05, 3.63) is 65.9 Å². The van der Waals surface area contributed by atoms with Crippen LogP contribution in [0.1, 0.15) is 18.2 Å². The molecule has 0 aliphatic carbocycles. The third-order valence-electron chi connectivity index (χ3n) is 5.80. The number of nitrogens with zero attached hydrogens (tertiary/aromatic N) is 3. The number of rotatable bonds is 5. The highest BCUT2D eigenvalue weighted by Crippen LogP contribution is 2.27. The standard InChI is InChI=1S/C24H27N3O2S.C2H2O4/c1-3-26-14-16-27(17-15-26)24-23-7-5-4-6-20(23)18-21(25-24)11-8-19-9-12-22(13-10-19)30(2,28)29;3-1(4)2(5)6/h4-13,18H,3,14-17H2,1-2H3;(H,3,4)(H,5,6)/b11-8+;. The van der Waals surface area contributed by atoms with Gasteiger partial charge in [-0.1, -0.05) is 49.4 Å². The lowest BCUT2D eigenvalue weighted by atomic mass is 10.1. The van der Waals surface area contributed by atoms with Crippen molar-refractivity contribution < 1.29 is 28.2 Å². The second kappa shape index (κ2) is 11.8. The molecule has 0 radical (unpaired) electrons. The zero-order valence-electron chi connectivity index (χ0n) is 20.2. The molecular formula is C26H29N3O6S. The van der Waals surface area contributed by atoms with Crippen LogP contribution in [0.5, 0.6) is 0 Å². The fourth-order valence-corrected chi connectivity index (χ4v) is 4.44. The highest BCUT2D eigenvalue weighted by Gasteiger charge is 2.19. The molecule has 9 nitrogen and oxygen atoms in total. The van der Waals surface area contributed by atoms with Crippen LogP contribution in [0.15, 0.2) is 59.5 Å². The SMILES string of the molecule is CCN1CCN(c2nc(/C=C/c3ccc(S(C)(=O)=O)cc3)cc3ccccc23)CC1.O=C(O)C(=O)O. The Morgan fingerprint density at radius 1 is 0.944 bits per heavy atom. The van der Waals surface area contributed by atoms with Crippen molar-refractivity contribution >= 4 is 50.5 Å². The number of carbonyl (C=O) groups is 2. The van der Waals surface area contributed by atoms with Crippen LogP contribution >= 0.6 is 0 Å². The summed E-state index contributed by atoms with van der Waals surface area (Å²) in [6.07, 6.45) is 5.19. The van der Waals surface area contributed by atoms with Gasteiger partial charge in [-0.05, 0) is 41.8 Å². The molecule has 4 rings (SSSR count). The molecule has 0 atom stereocenters. The number of carboxylic acids is 2. The summed E-state index contributed by atoms with van der Waals surface area (Å²) in [4.78, 5) is 28.3. The Balaban J connectivity index is 0.000000538. The summed E-state index contributed by atoms with van der Waals surface area (Å²) in [5.74, 6) is -2.61. The number of fused-ring (bicyclic) bond motifs is 1. The number of benzene rings is 2. The van der Waals surface area contributed by atoms with Crippen LogP contribution in [0, 0.1) is 0 Å². The zero-order valence-corrected chi connectivity index (χ0v) is 21.0. The molecule has 36 heavy (non-hydrogen) atoms. The number of sulfone groups is 1. The van der Waals surface area contributed by atoms with E-state index in [9.17, 15) is 8.42 Å². The van der Waals surface area contributed by atoms with Gasteiger partial charge in [0.05, 0.1) is 10.6 Å². The van der Waals surface area contributed by atoms with Gasteiger partial charge in [-0.2, -0.15) is 0 Å². The third kappa shape index (κ3) is 7.12. The fourth-order valence-electron chi connectivity index (χ4n) is 3.81. The smallest absolute Gasteiger partial charge is 0.414 e. The minimum absolute atomic E-state index is 0.331. The second-order valence-corrected chi connectivity index (χ2v) is 10.3. The van der Waals surface area contributed by atoms with Crippen LogP contribution < -0.4 is 4.90 Å². The number of pyridine rings is 1. The molecule has 3 aromatic rings. The van der Waals surface area contributed by atoms with Crippen LogP contribution in [0.25, 0.3) is 22.9 Å². The minimum Gasteiger partial charge on any atom is -0.473 e. The Kier molecular flexibility index (Phi) is 8.78. The first-order chi connectivity index (χ1) is 17.1. The van der Waals surface area contributed by atoms with Gasteiger partial charge in [-0.15, -0.1) is 0 Å². The average molecular weight is 512 g/mol. The van der Waals surface area contributed by atoms with E-state index >= 15 is 0 Å². The first-order valence-corrected chi connectivity index (χ1v) is 13.3. The maximum Gasteiger partial charge on any atom is 0.414 e. The molecule has 190 valence electrons. The predicted octanol–water partition coefficient (Wildman–Crippen LogP) is 3.11. The number of aromatic nitrogens is 1. The number of carboxylic acid groups (broad SMARTS) is 2. The number of likely N-dealkylation sites (N-methyl/N-ethyl adjacent to an activating group) is 1. The zero-order chi connectivity index (χ0) is 26.3. The van der Waals surface area contributed by atoms with E-state index in [-0.39, 0.29) is 0 Å². The van der Waals surface area contributed by atoms with E-state index in [1.54, 1.807) is 12.1 Å². The quantitative estimate of drug-likeness (QED) is 0.497. The van der Waals surface area contributed by atoms with Crippen LogP contribution in [-0.2, 0) is 19.4 Å². The molecule has 1 aromatic heterocycles. The van der Waals surface area contributed by atoms with E-state index in [4.69, 9.17) is 24.8 Å². The van der Waals surface area contributed by atoms with Crippen LogP contribution in [0.4, 0.5) is 5.82 Å². The summed E-state index contributed by atoms with van der Waals surface area (Å²) in [5, 5.41) is 17.1. The van der Waals surface area contributed by atoms with Crippen LogP contribution in [0.3, 0.4) is 0 Å². The third-order valence-corrected chi connectivity index (χ3v) is 6.93. The van der Waals surface area contributed by atoms with Crippen molar-refractivity contribution in [1.29, 1.82) is 0 Å². The number of hydrogen-bond acceptors (Lipinski definition) is 7. The normalized spacial score (nSPS) is 14.4. The van der Waals surface area contributed by atoms with Gasteiger partial charge in [0.1, 0.15) is 5.82 Å². The number of piperazine rings is 1. The van der Waals surface area contributed by atoms with Crippen molar-refractivity contribution in [1.82, 2.24) is 9.88 Å². The van der Waals surface area contributed by atoms with E-state index in [0.717, 1.165) is 49.8 Å². The van der Waals surface area contributed by atoms with Gasteiger partial charge in [-0.25, -0.2) is 23.0 Å². The van der Waals surface area contributed by atoms with Crippen molar-refractivity contribution in [2.24, 2.45) is 0 Å². The summed E-state index contributed by atoms with van der Waals surface area (Å²) in [5.41, 5.74) is 1.84. The summed E-state index contributed by atoms with van der Waals surface area (Å²) >= 11 is 0. The van der Waals surface area contributed by atoms with Crippen molar-refractivity contribution in [2.45, 2.75) is 11.8 Å². The fraction of sp³-hybridized carbons (Fsp3) is 0.269. The molecule has 0 saturated carbocycles. The van der Waals surface area contributed by atoms with Gasteiger partial charge in [-0.3, -0.25) is 0 Å². The molecule has 10 heteroatoms. The lowest BCUT2D eigenvalue weighted by molar-refractivity contribution is -0.159. The highest BCUT2D eigenvalue weighted by atomic mass is 32.2. The highest BCUT2D eigenvalue weighted by molar-refractivity contribution is 7.90. The van der Waals surface area contributed by atoms with Gasteiger partial charge in [0, 0.05) is 37.8 Å². The largest absolute Gasteiger partial charge is 0.473 e. The maximum absolute atomic E-state index is 11.6. The summed E-state index contributed by atoms with van der Waals surface area (Å²) < 4.78 is 23.3.